The first kappa shape index (κ1) is 8.85. The lowest BCUT2D eigenvalue weighted by Crippen LogP contribution is -1.98. The summed E-state index contributed by atoms with van der Waals surface area (Å²) < 4.78 is 0. The molecule has 1 nitrogen and oxygen atoms in total. The Bertz CT molecular complexity index is 228. The number of hydrogen-bond donors (Lipinski definition) is 0. The molecule has 0 N–H and O–H groups in total. The molecular weight excluding hydrogens is 181 g/mol. The number of halogens is 2. The maximum absolute atomic E-state index is 5.86. The highest BCUT2D eigenvalue weighted by atomic mass is 35.5. The van der Waals surface area contributed by atoms with Gasteiger partial charge in [-0.2, -0.15) is 0 Å². The number of rotatable bonds is 2. The maximum atomic E-state index is 5.86. The van der Waals surface area contributed by atoms with Crippen LogP contribution in [0.3, 0.4) is 0 Å². The topological polar surface area (TPSA) is 14.1 Å². The standard InChI is InChI=1S/C8H8Cl2N/c1-11-5-6-7(9)3-2-4-8(6)10/h2-4H,5H2,1H3. The van der Waals surface area contributed by atoms with Crippen molar-refractivity contribution in [2.24, 2.45) is 0 Å². The van der Waals surface area contributed by atoms with Gasteiger partial charge in [0.25, 0.3) is 0 Å². The van der Waals surface area contributed by atoms with E-state index in [4.69, 9.17) is 23.2 Å². The summed E-state index contributed by atoms with van der Waals surface area (Å²) in [7, 11) is 1.74. The van der Waals surface area contributed by atoms with E-state index in [2.05, 4.69) is 5.32 Å². The first-order chi connectivity index (χ1) is 5.25. The van der Waals surface area contributed by atoms with Gasteiger partial charge in [0, 0.05) is 29.2 Å². The zero-order chi connectivity index (χ0) is 8.27. The van der Waals surface area contributed by atoms with Crippen molar-refractivity contribution in [3.05, 3.63) is 33.8 Å². The molecule has 11 heavy (non-hydrogen) atoms. The van der Waals surface area contributed by atoms with Crippen molar-refractivity contribution < 1.29 is 0 Å². The van der Waals surface area contributed by atoms with Crippen molar-refractivity contribution in [1.29, 1.82) is 0 Å². The molecule has 0 saturated heterocycles. The van der Waals surface area contributed by atoms with Crippen molar-refractivity contribution in [3.63, 3.8) is 0 Å². The summed E-state index contributed by atoms with van der Waals surface area (Å²) in [6.45, 7) is 0.582. The first-order valence-corrected chi connectivity index (χ1v) is 3.99. The van der Waals surface area contributed by atoms with Gasteiger partial charge in [-0.25, -0.2) is 5.32 Å². The molecule has 0 aliphatic carbocycles. The molecule has 0 fully saturated rings. The van der Waals surface area contributed by atoms with E-state index in [-0.39, 0.29) is 0 Å². The summed E-state index contributed by atoms with van der Waals surface area (Å²) in [4.78, 5) is 0. The Morgan fingerprint density at radius 3 is 2.27 bits per heavy atom. The van der Waals surface area contributed by atoms with Gasteiger partial charge in [0.15, 0.2) is 0 Å². The van der Waals surface area contributed by atoms with E-state index in [1.807, 2.05) is 18.2 Å². The summed E-state index contributed by atoms with van der Waals surface area (Å²) >= 11 is 11.7. The molecule has 0 aliphatic rings. The lowest BCUT2D eigenvalue weighted by Gasteiger charge is -2.03. The van der Waals surface area contributed by atoms with E-state index < -0.39 is 0 Å². The van der Waals surface area contributed by atoms with Crippen molar-refractivity contribution in [1.82, 2.24) is 5.32 Å². The molecule has 0 saturated carbocycles. The van der Waals surface area contributed by atoms with Gasteiger partial charge >= 0.3 is 0 Å². The summed E-state index contributed by atoms with van der Waals surface area (Å²) in [6.07, 6.45) is 0. The minimum absolute atomic E-state index is 0.582. The summed E-state index contributed by atoms with van der Waals surface area (Å²) in [6, 6.07) is 5.45. The van der Waals surface area contributed by atoms with Crippen molar-refractivity contribution in [2.75, 3.05) is 7.05 Å². The van der Waals surface area contributed by atoms with Gasteiger partial charge < -0.3 is 0 Å². The molecule has 0 spiro atoms. The van der Waals surface area contributed by atoms with Crippen LogP contribution >= 0.6 is 23.2 Å². The quantitative estimate of drug-likeness (QED) is 0.679. The molecular formula is C8H8Cl2N. The van der Waals surface area contributed by atoms with Crippen LogP contribution in [0.5, 0.6) is 0 Å². The molecule has 59 valence electrons. The van der Waals surface area contributed by atoms with E-state index in [0.29, 0.717) is 16.6 Å². The van der Waals surface area contributed by atoms with Crippen LogP contribution in [0.25, 0.3) is 0 Å². The number of benzene rings is 1. The highest BCUT2D eigenvalue weighted by molar-refractivity contribution is 6.35. The molecule has 1 radical (unpaired) electrons. The zero-order valence-electron chi connectivity index (χ0n) is 6.14. The highest BCUT2D eigenvalue weighted by Gasteiger charge is 2.02. The molecule has 1 aromatic carbocycles. The molecule has 1 rings (SSSR count). The SMILES string of the molecule is C[N]Cc1c(Cl)cccc1Cl. The molecule has 3 heteroatoms. The van der Waals surface area contributed by atoms with Crippen LogP contribution in [-0.2, 0) is 6.54 Å². The Morgan fingerprint density at radius 2 is 1.82 bits per heavy atom. The molecule has 1 aromatic rings. The average molecular weight is 189 g/mol. The Hall–Kier alpha value is -0.240. The third-order valence-corrected chi connectivity index (χ3v) is 2.09. The highest BCUT2D eigenvalue weighted by Crippen LogP contribution is 2.23. The van der Waals surface area contributed by atoms with E-state index in [9.17, 15) is 0 Å². The third kappa shape index (κ3) is 2.09. The second-order valence-corrected chi connectivity index (χ2v) is 2.99. The molecule has 0 unspecified atom stereocenters. The van der Waals surface area contributed by atoms with E-state index >= 15 is 0 Å². The van der Waals surface area contributed by atoms with Crippen LogP contribution in [0.4, 0.5) is 0 Å². The van der Waals surface area contributed by atoms with Crippen LogP contribution in [-0.4, -0.2) is 7.05 Å². The van der Waals surface area contributed by atoms with E-state index in [1.54, 1.807) is 7.05 Å². The Balaban J connectivity index is 3.00. The maximum Gasteiger partial charge on any atom is 0.0466 e. The predicted molar refractivity (Wildman–Crippen MR) is 48.2 cm³/mol. The van der Waals surface area contributed by atoms with Crippen LogP contribution < -0.4 is 5.32 Å². The van der Waals surface area contributed by atoms with Crippen LogP contribution in [0.2, 0.25) is 10.0 Å². The second kappa shape index (κ2) is 3.96. The number of nitrogens with zero attached hydrogens (tertiary/aromatic N) is 1. The summed E-state index contributed by atoms with van der Waals surface area (Å²) in [5, 5.41) is 5.33. The summed E-state index contributed by atoms with van der Waals surface area (Å²) in [5.41, 5.74) is 0.901. The van der Waals surface area contributed by atoms with Gasteiger partial charge in [0.05, 0.1) is 0 Å². The van der Waals surface area contributed by atoms with Crippen LogP contribution in [0, 0.1) is 0 Å². The number of hydrogen-bond acceptors (Lipinski definition) is 0. The van der Waals surface area contributed by atoms with Gasteiger partial charge in [0.2, 0.25) is 0 Å². The minimum atomic E-state index is 0.582. The van der Waals surface area contributed by atoms with E-state index in [1.165, 1.54) is 0 Å². The monoisotopic (exact) mass is 188 g/mol. The molecule has 0 aromatic heterocycles. The molecule has 0 bridgehead atoms. The van der Waals surface area contributed by atoms with Gasteiger partial charge in [-0.1, -0.05) is 29.3 Å². The Morgan fingerprint density at radius 1 is 1.27 bits per heavy atom. The minimum Gasteiger partial charge on any atom is -0.240 e. The molecule has 0 amide bonds. The average Bonchev–Trinajstić information content (AvgIpc) is 1.97. The summed E-state index contributed by atoms with van der Waals surface area (Å²) in [5.74, 6) is 0. The largest absolute Gasteiger partial charge is 0.240 e. The van der Waals surface area contributed by atoms with E-state index in [0.717, 1.165) is 5.56 Å². The van der Waals surface area contributed by atoms with Gasteiger partial charge in [-0.15, -0.1) is 0 Å². The smallest absolute Gasteiger partial charge is 0.0466 e. The van der Waals surface area contributed by atoms with Crippen LogP contribution in [0.1, 0.15) is 5.56 Å². The predicted octanol–water partition coefficient (Wildman–Crippen LogP) is 2.73. The van der Waals surface area contributed by atoms with Crippen LogP contribution in [0.15, 0.2) is 18.2 Å². The van der Waals surface area contributed by atoms with Crippen molar-refractivity contribution in [2.45, 2.75) is 6.54 Å². The van der Waals surface area contributed by atoms with Gasteiger partial charge in [-0.05, 0) is 12.1 Å². The second-order valence-electron chi connectivity index (χ2n) is 2.17. The lowest BCUT2D eigenvalue weighted by atomic mass is 10.2. The Kier molecular flexibility index (Phi) is 3.18. The fraction of sp³-hybridized carbons (Fsp3) is 0.250. The van der Waals surface area contributed by atoms with Crippen molar-refractivity contribution in [3.8, 4) is 0 Å². The molecule has 0 atom stereocenters. The van der Waals surface area contributed by atoms with Crippen molar-refractivity contribution >= 4 is 23.2 Å². The zero-order valence-corrected chi connectivity index (χ0v) is 7.65. The Labute approximate surface area is 76.3 Å². The lowest BCUT2D eigenvalue weighted by molar-refractivity contribution is 0.800. The molecule has 0 heterocycles. The van der Waals surface area contributed by atoms with Gasteiger partial charge in [0.1, 0.15) is 0 Å². The fourth-order valence-electron chi connectivity index (χ4n) is 0.842. The van der Waals surface area contributed by atoms with Gasteiger partial charge in [-0.3, -0.25) is 0 Å². The molecule has 0 aliphatic heterocycles. The third-order valence-electron chi connectivity index (χ3n) is 1.38. The normalized spacial score (nSPS) is 10.1. The first-order valence-electron chi connectivity index (χ1n) is 3.24. The fourth-order valence-corrected chi connectivity index (χ4v) is 1.36.